The van der Waals surface area contributed by atoms with Crippen molar-refractivity contribution in [3.8, 4) is 0 Å². The zero-order valence-electron chi connectivity index (χ0n) is 12.2. The molecule has 10 heteroatoms. The number of carbonyl (C=O) groups excluding carboxylic acids is 2. The van der Waals surface area contributed by atoms with Crippen LogP contribution in [0.3, 0.4) is 0 Å². The van der Waals surface area contributed by atoms with Crippen molar-refractivity contribution in [3.63, 3.8) is 0 Å². The Morgan fingerprint density at radius 3 is 2.30 bits per heavy atom. The lowest BCUT2D eigenvalue weighted by molar-refractivity contribution is -0.121. The number of guanidine groups is 1. The maximum atomic E-state index is 11.8. The maximum Gasteiger partial charge on any atom is 0.257 e. The molecule has 0 unspecified atom stereocenters. The first-order chi connectivity index (χ1) is 9.90. The van der Waals surface area contributed by atoms with E-state index in [1.54, 1.807) is 24.3 Å². The van der Waals surface area contributed by atoms with Crippen molar-refractivity contribution in [1.29, 1.82) is 5.41 Å². The number of carbonyl (C=O) groups is 2. The van der Waals surface area contributed by atoms with Gasteiger partial charge in [-0.1, -0.05) is 15.9 Å². The van der Waals surface area contributed by atoms with Crippen LogP contribution < -0.4 is 22.1 Å². The first-order valence-corrected chi connectivity index (χ1v) is 7.13. The molecule has 1 aromatic carbocycles. The number of rotatable bonds is 6. The third kappa shape index (κ3) is 9.39. The van der Waals surface area contributed by atoms with Gasteiger partial charge in [-0.05, 0) is 37.1 Å². The van der Waals surface area contributed by atoms with E-state index in [2.05, 4.69) is 26.6 Å². The number of nitrogens with two attached hydrogens (primary N) is 2. The molecule has 0 aliphatic heterocycles. The van der Waals surface area contributed by atoms with Gasteiger partial charge in [0.05, 0.1) is 6.04 Å². The molecule has 7 N–H and O–H groups in total. The molecule has 0 radical (unpaired) electrons. The molecule has 0 fully saturated rings. The molecule has 7 nitrogen and oxygen atoms in total. The molecule has 0 aromatic heterocycles. The molecule has 1 atom stereocenters. The fourth-order valence-electron chi connectivity index (χ4n) is 1.55. The topological polar surface area (TPSA) is 134 Å². The van der Waals surface area contributed by atoms with Gasteiger partial charge >= 0.3 is 0 Å². The number of amides is 2. The molecular weight excluding hydrogens is 409 g/mol. The van der Waals surface area contributed by atoms with Gasteiger partial charge in [0.15, 0.2) is 5.96 Å². The van der Waals surface area contributed by atoms with Crippen molar-refractivity contribution < 1.29 is 9.59 Å². The SMILES string of the molecule is Cl.Cl.N=C(N)NCCC[C@H](N)C(=O)NC(=O)c1ccc(Br)cc1. The van der Waals surface area contributed by atoms with Crippen molar-refractivity contribution in [3.05, 3.63) is 34.3 Å². The normalized spacial score (nSPS) is 10.5. The Morgan fingerprint density at radius 1 is 1.22 bits per heavy atom. The summed E-state index contributed by atoms with van der Waals surface area (Å²) >= 11 is 3.27. The largest absolute Gasteiger partial charge is 0.370 e. The molecule has 1 aromatic rings. The molecule has 0 saturated heterocycles. The third-order valence-corrected chi connectivity index (χ3v) is 3.22. The lowest BCUT2D eigenvalue weighted by Gasteiger charge is -2.11. The first-order valence-electron chi connectivity index (χ1n) is 6.34. The highest BCUT2D eigenvalue weighted by Gasteiger charge is 2.16. The van der Waals surface area contributed by atoms with Gasteiger partial charge in [-0.2, -0.15) is 0 Å². The zero-order valence-corrected chi connectivity index (χ0v) is 15.4. The van der Waals surface area contributed by atoms with Crippen LogP contribution in [0, 0.1) is 5.41 Å². The number of hydrogen-bond acceptors (Lipinski definition) is 4. The minimum absolute atomic E-state index is 0. The van der Waals surface area contributed by atoms with E-state index in [4.69, 9.17) is 16.9 Å². The standard InChI is InChI=1S/C13H18BrN5O2.2ClH/c14-9-5-3-8(4-6-9)11(20)19-12(21)10(15)2-1-7-18-13(16)17;;/h3-6,10H,1-2,7,15H2,(H4,16,17,18)(H,19,20,21);2*1H/t10-;;/m0../s1. The van der Waals surface area contributed by atoms with Gasteiger partial charge in [-0.3, -0.25) is 20.3 Å². The van der Waals surface area contributed by atoms with E-state index in [1.165, 1.54) is 0 Å². The van der Waals surface area contributed by atoms with Crippen LogP contribution >= 0.6 is 40.7 Å². The van der Waals surface area contributed by atoms with Crippen molar-refractivity contribution >= 4 is 58.5 Å². The summed E-state index contributed by atoms with van der Waals surface area (Å²) in [6.07, 6.45) is 0.959. The summed E-state index contributed by atoms with van der Waals surface area (Å²) in [4.78, 5) is 23.6. The molecule has 23 heavy (non-hydrogen) atoms. The highest BCUT2D eigenvalue weighted by atomic mass is 79.9. The Hall–Kier alpha value is -1.35. The van der Waals surface area contributed by atoms with E-state index in [9.17, 15) is 9.59 Å². The quantitative estimate of drug-likeness (QED) is 0.263. The van der Waals surface area contributed by atoms with Gasteiger partial charge in [0, 0.05) is 16.6 Å². The van der Waals surface area contributed by atoms with E-state index >= 15 is 0 Å². The summed E-state index contributed by atoms with van der Waals surface area (Å²) in [5, 5.41) is 11.8. The molecule has 2 amide bonds. The second-order valence-corrected chi connectivity index (χ2v) is 5.33. The Kier molecular flexibility index (Phi) is 12.6. The van der Waals surface area contributed by atoms with Gasteiger partial charge in [-0.15, -0.1) is 24.8 Å². The van der Waals surface area contributed by atoms with E-state index in [0.29, 0.717) is 24.9 Å². The van der Waals surface area contributed by atoms with Crippen molar-refractivity contribution in [2.45, 2.75) is 18.9 Å². The summed E-state index contributed by atoms with van der Waals surface area (Å²) in [5.41, 5.74) is 11.2. The smallest absolute Gasteiger partial charge is 0.257 e. The Morgan fingerprint density at radius 2 is 1.78 bits per heavy atom. The van der Waals surface area contributed by atoms with Crippen molar-refractivity contribution in [2.75, 3.05) is 6.54 Å². The Labute approximate surface area is 155 Å². The summed E-state index contributed by atoms with van der Waals surface area (Å²) < 4.78 is 0.847. The van der Waals surface area contributed by atoms with Crippen molar-refractivity contribution in [2.24, 2.45) is 11.5 Å². The molecule has 0 aliphatic rings. The zero-order chi connectivity index (χ0) is 15.8. The molecule has 0 aliphatic carbocycles. The monoisotopic (exact) mass is 427 g/mol. The molecule has 0 bridgehead atoms. The second kappa shape index (κ2) is 12.1. The number of benzene rings is 1. The lowest BCUT2D eigenvalue weighted by atomic mass is 10.1. The predicted molar refractivity (Wildman–Crippen MR) is 98.2 cm³/mol. The highest BCUT2D eigenvalue weighted by Crippen LogP contribution is 2.10. The maximum absolute atomic E-state index is 11.8. The van der Waals surface area contributed by atoms with Crippen LogP contribution in [0.5, 0.6) is 0 Å². The van der Waals surface area contributed by atoms with Gasteiger partial charge in [0.1, 0.15) is 0 Å². The molecule has 0 heterocycles. The van der Waals surface area contributed by atoms with E-state index in [-0.39, 0.29) is 30.8 Å². The molecule has 0 spiro atoms. The number of imide groups is 1. The van der Waals surface area contributed by atoms with Gasteiger partial charge < -0.3 is 16.8 Å². The lowest BCUT2D eigenvalue weighted by Crippen LogP contribution is -2.43. The Bertz CT molecular complexity index is 528. The van der Waals surface area contributed by atoms with Crippen LogP contribution in [-0.4, -0.2) is 30.4 Å². The molecule has 0 saturated carbocycles. The average molecular weight is 429 g/mol. The molecular formula is C13H20BrCl2N5O2. The van der Waals surface area contributed by atoms with Crippen molar-refractivity contribution in [1.82, 2.24) is 10.6 Å². The third-order valence-electron chi connectivity index (χ3n) is 2.69. The second-order valence-electron chi connectivity index (χ2n) is 4.41. The fourth-order valence-corrected chi connectivity index (χ4v) is 1.82. The molecule has 130 valence electrons. The van der Waals surface area contributed by atoms with E-state index in [1.807, 2.05) is 0 Å². The average Bonchev–Trinajstić information content (AvgIpc) is 2.43. The van der Waals surface area contributed by atoms with Crippen LogP contribution in [0.15, 0.2) is 28.7 Å². The number of nitrogens with one attached hydrogen (secondary N) is 3. The van der Waals surface area contributed by atoms with Crippen LogP contribution in [0.25, 0.3) is 0 Å². The first kappa shape index (κ1) is 23.9. The fraction of sp³-hybridized carbons (Fsp3) is 0.308. The van der Waals surface area contributed by atoms with Crippen LogP contribution in [0.4, 0.5) is 0 Å². The van der Waals surface area contributed by atoms with E-state index in [0.717, 1.165) is 4.47 Å². The number of hydrogen-bond donors (Lipinski definition) is 5. The predicted octanol–water partition coefficient (Wildman–Crippen LogP) is 1.14. The summed E-state index contributed by atoms with van der Waals surface area (Å²) in [6.45, 7) is 0.455. The minimum atomic E-state index is -0.779. The minimum Gasteiger partial charge on any atom is -0.370 e. The highest BCUT2D eigenvalue weighted by molar-refractivity contribution is 9.10. The summed E-state index contributed by atoms with van der Waals surface area (Å²) in [5.74, 6) is -1.13. The van der Waals surface area contributed by atoms with Gasteiger partial charge in [-0.25, -0.2) is 0 Å². The number of halogens is 3. The van der Waals surface area contributed by atoms with Crippen LogP contribution in [0.1, 0.15) is 23.2 Å². The van der Waals surface area contributed by atoms with Gasteiger partial charge in [0.25, 0.3) is 5.91 Å². The summed E-state index contributed by atoms with van der Waals surface area (Å²) in [7, 11) is 0. The summed E-state index contributed by atoms with van der Waals surface area (Å²) in [6, 6.07) is 5.86. The Balaban J connectivity index is 0. The van der Waals surface area contributed by atoms with E-state index < -0.39 is 17.9 Å². The van der Waals surface area contributed by atoms with Crippen LogP contribution in [-0.2, 0) is 4.79 Å². The molecule has 1 rings (SSSR count). The van der Waals surface area contributed by atoms with Crippen LogP contribution in [0.2, 0.25) is 0 Å². The van der Waals surface area contributed by atoms with Gasteiger partial charge in [0.2, 0.25) is 5.91 Å².